The Bertz CT molecular complexity index is 1370. The van der Waals surface area contributed by atoms with Crippen LogP contribution in [0.3, 0.4) is 0 Å². The predicted molar refractivity (Wildman–Crippen MR) is 130 cm³/mol. The van der Waals surface area contributed by atoms with Crippen LogP contribution in [0.2, 0.25) is 0 Å². The number of nitrogens with zero attached hydrogens (tertiary/aromatic N) is 2. The minimum absolute atomic E-state index is 0.224. The van der Waals surface area contributed by atoms with Gasteiger partial charge in [-0.05, 0) is 71.9 Å². The molecule has 2 aromatic carbocycles. The summed E-state index contributed by atoms with van der Waals surface area (Å²) < 4.78 is 11.0. The number of benzene rings is 2. The van der Waals surface area contributed by atoms with Gasteiger partial charge >= 0.3 is 0 Å². The third-order valence-electron chi connectivity index (χ3n) is 7.28. The van der Waals surface area contributed by atoms with Crippen LogP contribution in [-0.4, -0.2) is 34.4 Å². The van der Waals surface area contributed by atoms with Crippen molar-refractivity contribution in [2.45, 2.75) is 44.8 Å². The molecular formula is C28H27N3O3. The summed E-state index contributed by atoms with van der Waals surface area (Å²) in [7, 11) is 0. The summed E-state index contributed by atoms with van der Waals surface area (Å²) in [6, 6.07) is 19.9. The van der Waals surface area contributed by atoms with Crippen molar-refractivity contribution < 1.29 is 13.6 Å². The Hall–Kier alpha value is -3.64. The highest BCUT2D eigenvalue weighted by atomic mass is 16.3. The SMILES string of the molecule is Cc1ncoc1C(=O)NCC1=C(c2ccc3ccccc3c2)C[C@@H]2CC[C@H]1N2Cc1ccco1. The van der Waals surface area contributed by atoms with E-state index in [0.29, 0.717) is 18.3 Å². The lowest BCUT2D eigenvalue weighted by atomic mass is 9.87. The monoisotopic (exact) mass is 453 g/mol. The van der Waals surface area contributed by atoms with Crippen molar-refractivity contribution >= 4 is 22.3 Å². The second-order valence-corrected chi connectivity index (χ2v) is 9.22. The number of aromatic nitrogens is 1. The fraction of sp³-hybridized carbons (Fsp3) is 0.286. The average Bonchev–Trinajstić information content (AvgIpc) is 3.59. The lowest BCUT2D eigenvalue weighted by Gasteiger charge is -2.38. The van der Waals surface area contributed by atoms with Crippen molar-refractivity contribution in [1.82, 2.24) is 15.2 Å². The maximum atomic E-state index is 12.8. The normalized spacial score (nSPS) is 20.3. The number of carbonyl (C=O) groups excluding carboxylic acids is 1. The summed E-state index contributed by atoms with van der Waals surface area (Å²) in [6.07, 6.45) is 6.23. The van der Waals surface area contributed by atoms with E-state index < -0.39 is 0 Å². The summed E-state index contributed by atoms with van der Waals surface area (Å²) in [4.78, 5) is 19.4. The van der Waals surface area contributed by atoms with Gasteiger partial charge in [0.15, 0.2) is 6.39 Å². The van der Waals surface area contributed by atoms with Gasteiger partial charge in [-0.3, -0.25) is 9.69 Å². The number of carbonyl (C=O) groups is 1. The van der Waals surface area contributed by atoms with Crippen molar-refractivity contribution in [3.8, 4) is 0 Å². The van der Waals surface area contributed by atoms with Crippen LogP contribution >= 0.6 is 0 Å². The van der Waals surface area contributed by atoms with Crippen LogP contribution in [0.25, 0.3) is 16.3 Å². The minimum Gasteiger partial charge on any atom is -0.468 e. The van der Waals surface area contributed by atoms with E-state index in [1.165, 1.54) is 33.9 Å². The first-order chi connectivity index (χ1) is 16.7. The highest BCUT2D eigenvalue weighted by Gasteiger charge is 2.41. The highest BCUT2D eigenvalue weighted by molar-refractivity contribution is 5.93. The van der Waals surface area contributed by atoms with Gasteiger partial charge in [-0.2, -0.15) is 0 Å². The molecule has 6 nitrogen and oxygen atoms in total. The van der Waals surface area contributed by atoms with Crippen LogP contribution in [0.15, 0.2) is 81.7 Å². The lowest BCUT2D eigenvalue weighted by molar-refractivity contribution is 0.0925. The molecular weight excluding hydrogens is 426 g/mol. The molecule has 1 fully saturated rings. The highest BCUT2D eigenvalue weighted by Crippen LogP contribution is 2.44. The second kappa shape index (κ2) is 8.61. The molecule has 34 heavy (non-hydrogen) atoms. The molecule has 2 atom stereocenters. The smallest absolute Gasteiger partial charge is 0.289 e. The number of oxazole rings is 1. The fourth-order valence-electron chi connectivity index (χ4n) is 5.60. The van der Waals surface area contributed by atoms with Crippen molar-refractivity contribution in [1.29, 1.82) is 0 Å². The Morgan fingerprint density at radius 2 is 1.97 bits per heavy atom. The molecule has 4 aromatic rings. The van der Waals surface area contributed by atoms with Crippen LogP contribution in [0, 0.1) is 6.92 Å². The molecule has 2 bridgehead atoms. The summed E-state index contributed by atoms with van der Waals surface area (Å²) in [6.45, 7) is 3.05. The molecule has 0 saturated carbocycles. The first kappa shape index (κ1) is 20.9. The maximum Gasteiger partial charge on any atom is 0.289 e. The quantitative estimate of drug-likeness (QED) is 0.426. The van der Waals surface area contributed by atoms with Crippen molar-refractivity contribution in [2.24, 2.45) is 0 Å². The third-order valence-corrected chi connectivity index (χ3v) is 7.28. The van der Waals surface area contributed by atoms with Crippen molar-refractivity contribution in [3.63, 3.8) is 0 Å². The van der Waals surface area contributed by atoms with Gasteiger partial charge in [0, 0.05) is 18.6 Å². The van der Waals surface area contributed by atoms with Gasteiger partial charge in [0.05, 0.1) is 18.5 Å². The number of hydrogen-bond acceptors (Lipinski definition) is 5. The number of amides is 1. The molecule has 0 radical (unpaired) electrons. The second-order valence-electron chi connectivity index (χ2n) is 9.22. The molecule has 2 aromatic heterocycles. The van der Waals surface area contributed by atoms with Crippen LogP contribution in [0.1, 0.15) is 46.8 Å². The number of furan rings is 1. The van der Waals surface area contributed by atoms with Gasteiger partial charge in [0.1, 0.15) is 5.76 Å². The molecule has 6 rings (SSSR count). The third kappa shape index (κ3) is 3.74. The average molecular weight is 454 g/mol. The van der Waals surface area contributed by atoms with Crippen LogP contribution in [0.4, 0.5) is 0 Å². The molecule has 2 aliphatic rings. The van der Waals surface area contributed by atoms with Crippen molar-refractivity contribution in [2.75, 3.05) is 6.54 Å². The van der Waals surface area contributed by atoms with E-state index in [-0.39, 0.29) is 17.7 Å². The standard InChI is InChI=1S/C28H27N3O3/c1-18-27(34-17-30-18)28(32)29-15-25-24(21-9-8-19-5-2-3-6-20(19)13-21)14-22-10-11-26(25)31(22)16-23-7-4-12-33-23/h2-9,12-13,17,22,26H,10-11,14-16H2,1H3,(H,29,32)/t22-,26+/m0/s1. The summed E-state index contributed by atoms with van der Waals surface area (Å²) >= 11 is 0. The first-order valence-corrected chi connectivity index (χ1v) is 11.8. The van der Waals surface area contributed by atoms with E-state index in [4.69, 9.17) is 8.83 Å². The first-order valence-electron chi connectivity index (χ1n) is 11.8. The van der Waals surface area contributed by atoms with Gasteiger partial charge in [-0.25, -0.2) is 4.98 Å². The zero-order valence-corrected chi connectivity index (χ0v) is 19.2. The molecule has 172 valence electrons. The zero-order valence-electron chi connectivity index (χ0n) is 19.2. The molecule has 0 aliphatic carbocycles. The fourth-order valence-corrected chi connectivity index (χ4v) is 5.60. The Kier molecular flexibility index (Phi) is 5.30. The zero-order chi connectivity index (χ0) is 23.1. The van der Waals surface area contributed by atoms with Gasteiger partial charge in [-0.15, -0.1) is 0 Å². The van der Waals surface area contributed by atoms with Crippen LogP contribution < -0.4 is 5.32 Å². The summed E-state index contributed by atoms with van der Waals surface area (Å²) in [5, 5.41) is 5.59. The molecule has 1 N–H and O–H groups in total. The topological polar surface area (TPSA) is 71.5 Å². The van der Waals surface area contributed by atoms with E-state index in [1.54, 1.807) is 13.2 Å². The largest absolute Gasteiger partial charge is 0.468 e. The van der Waals surface area contributed by atoms with E-state index in [0.717, 1.165) is 31.6 Å². The molecule has 4 heterocycles. The van der Waals surface area contributed by atoms with E-state index in [2.05, 4.69) is 57.7 Å². The lowest BCUT2D eigenvalue weighted by Crippen LogP contribution is -2.43. The summed E-state index contributed by atoms with van der Waals surface area (Å²) in [5.74, 6) is 1.03. The van der Waals surface area contributed by atoms with E-state index in [9.17, 15) is 4.79 Å². The maximum absolute atomic E-state index is 12.8. The van der Waals surface area contributed by atoms with E-state index >= 15 is 0 Å². The Morgan fingerprint density at radius 3 is 2.76 bits per heavy atom. The van der Waals surface area contributed by atoms with Gasteiger partial charge < -0.3 is 14.2 Å². The minimum atomic E-state index is -0.224. The molecule has 2 aliphatic heterocycles. The molecule has 0 spiro atoms. The van der Waals surface area contributed by atoms with Crippen molar-refractivity contribution in [3.05, 3.63) is 95.6 Å². The Morgan fingerprint density at radius 1 is 1.09 bits per heavy atom. The number of fused-ring (bicyclic) bond motifs is 3. The van der Waals surface area contributed by atoms with E-state index in [1.807, 2.05) is 12.1 Å². The Labute approximate surface area is 198 Å². The number of hydrogen-bond donors (Lipinski definition) is 1. The predicted octanol–water partition coefficient (Wildman–Crippen LogP) is 5.35. The molecule has 1 saturated heterocycles. The van der Waals surface area contributed by atoms with Gasteiger partial charge in [-0.1, -0.05) is 36.4 Å². The molecule has 1 amide bonds. The number of rotatable bonds is 6. The number of aryl methyl sites for hydroxylation is 1. The van der Waals surface area contributed by atoms with Crippen LogP contribution in [0.5, 0.6) is 0 Å². The molecule has 0 unspecified atom stereocenters. The Balaban J connectivity index is 1.36. The van der Waals surface area contributed by atoms with Crippen LogP contribution in [-0.2, 0) is 6.54 Å². The van der Waals surface area contributed by atoms with Gasteiger partial charge in [0.2, 0.25) is 5.76 Å². The number of nitrogens with one attached hydrogen (secondary N) is 1. The summed E-state index contributed by atoms with van der Waals surface area (Å²) in [5.41, 5.74) is 4.48. The molecule has 6 heteroatoms. The van der Waals surface area contributed by atoms with Gasteiger partial charge in [0.25, 0.3) is 5.91 Å².